The van der Waals surface area contributed by atoms with E-state index >= 15 is 0 Å². The number of carbonyl (C=O) groups is 1. The van der Waals surface area contributed by atoms with Crippen molar-refractivity contribution in [3.8, 4) is 11.3 Å². The second-order valence-corrected chi connectivity index (χ2v) is 8.21. The molecule has 33 heavy (non-hydrogen) atoms. The first kappa shape index (κ1) is 21.2. The number of hydrogen-bond acceptors (Lipinski definition) is 8. The average Bonchev–Trinajstić information content (AvgIpc) is 3.29. The van der Waals surface area contributed by atoms with Crippen molar-refractivity contribution in [1.82, 2.24) is 29.8 Å². The number of hydrogen-bond donors (Lipinski definition) is 3. The van der Waals surface area contributed by atoms with E-state index in [0.29, 0.717) is 25.3 Å². The van der Waals surface area contributed by atoms with Gasteiger partial charge in [-0.15, -0.1) is 0 Å². The van der Waals surface area contributed by atoms with E-state index in [-0.39, 0.29) is 12.5 Å². The molecule has 3 N–H and O–H groups in total. The minimum absolute atomic E-state index is 0.170. The van der Waals surface area contributed by atoms with E-state index < -0.39 is 6.23 Å². The fourth-order valence-electron chi connectivity index (χ4n) is 4.35. The van der Waals surface area contributed by atoms with Crippen molar-refractivity contribution in [3.63, 3.8) is 0 Å². The highest BCUT2D eigenvalue weighted by molar-refractivity contribution is 5.92. The number of carbonyl (C=O) groups excluding carboxylic acids is 1. The molecular formula is C24H25N7O2. The van der Waals surface area contributed by atoms with Gasteiger partial charge in [-0.1, -0.05) is 6.07 Å². The summed E-state index contributed by atoms with van der Waals surface area (Å²) in [5.74, 6) is 0.853. The van der Waals surface area contributed by atoms with Gasteiger partial charge in [0.05, 0.1) is 24.6 Å². The highest BCUT2D eigenvalue weighted by Crippen LogP contribution is 2.34. The summed E-state index contributed by atoms with van der Waals surface area (Å²) in [6, 6.07) is 7.95. The molecule has 5 rings (SSSR count). The zero-order valence-corrected chi connectivity index (χ0v) is 18.1. The predicted molar refractivity (Wildman–Crippen MR) is 124 cm³/mol. The normalized spacial score (nSPS) is 18.9. The Labute approximate surface area is 190 Å². The molecule has 0 saturated carbocycles. The number of pyridine rings is 2. The molecule has 9 nitrogen and oxygen atoms in total. The van der Waals surface area contributed by atoms with Gasteiger partial charge < -0.3 is 20.2 Å². The second kappa shape index (κ2) is 9.43. The van der Waals surface area contributed by atoms with E-state index in [1.807, 2.05) is 24.4 Å². The standard InChI is InChI=1S/C24H25N7O2/c32-9-8-31-7-4-17(10-23(31)33)20-11-19-18(3-6-27-24(19)30-20)21-14-26-15-22(29-21)28-13-16-2-1-5-25-12-16/h1-3,5-6,9,11-12,14-15,17,23,33H,4,7-8,10,13H2,(H,27,30)(H,28,29). The highest BCUT2D eigenvalue weighted by atomic mass is 16.3. The van der Waals surface area contributed by atoms with Gasteiger partial charge in [0.25, 0.3) is 0 Å². The molecule has 9 heteroatoms. The number of aldehydes is 1. The second-order valence-electron chi connectivity index (χ2n) is 8.21. The van der Waals surface area contributed by atoms with Gasteiger partial charge in [-0.3, -0.25) is 14.9 Å². The number of aromatic amines is 1. The summed E-state index contributed by atoms with van der Waals surface area (Å²) >= 11 is 0. The first-order chi connectivity index (χ1) is 16.2. The molecule has 0 aliphatic carbocycles. The number of piperidine rings is 1. The lowest BCUT2D eigenvalue weighted by Crippen LogP contribution is -2.42. The van der Waals surface area contributed by atoms with Gasteiger partial charge in [-0.25, -0.2) is 9.97 Å². The first-order valence-corrected chi connectivity index (χ1v) is 11.0. The predicted octanol–water partition coefficient (Wildman–Crippen LogP) is 2.72. The van der Waals surface area contributed by atoms with Gasteiger partial charge >= 0.3 is 0 Å². The largest absolute Gasteiger partial charge is 0.378 e. The number of nitrogens with zero attached hydrogens (tertiary/aromatic N) is 5. The third-order valence-corrected chi connectivity index (χ3v) is 6.09. The van der Waals surface area contributed by atoms with Crippen LogP contribution in [0.5, 0.6) is 0 Å². The molecule has 0 bridgehead atoms. The van der Waals surface area contributed by atoms with Crippen LogP contribution in [0.3, 0.4) is 0 Å². The van der Waals surface area contributed by atoms with Crippen molar-refractivity contribution in [2.75, 3.05) is 18.4 Å². The van der Waals surface area contributed by atoms with Crippen molar-refractivity contribution in [3.05, 3.63) is 66.5 Å². The molecule has 1 saturated heterocycles. The van der Waals surface area contributed by atoms with Gasteiger partial charge in [0.1, 0.15) is 24.0 Å². The summed E-state index contributed by atoms with van der Waals surface area (Å²) in [6.45, 7) is 1.55. The smallest absolute Gasteiger partial charge is 0.145 e. The van der Waals surface area contributed by atoms with Crippen LogP contribution in [0, 0.1) is 0 Å². The van der Waals surface area contributed by atoms with Crippen molar-refractivity contribution >= 4 is 23.1 Å². The molecule has 2 unspecified atom stereocenters. The number of H-pyrrole nitrogens is 1. The number of aromatic nitrogens is 5. The Morgan fingerprint density at radius 1 is 1.21 bits per heavy atom. The van der Waals surface area contributed by atoms with Crippen molar-refractivity contribution in [2.45, 2.75) is 31.5 Å². The SMILES string of the molecule is O=CCN1CCC(c2cc3c(-c4cncc(NCc5cccnc5)n4)ccnc3[nH]2)CC1O. The van der Waals surface area contributed by atoms with Crippen LogP contribution in [0.4, 0.5) is 5.82 Å². The summed E-state index contributed by atoms with van der Waals surface area (Å²) in [7, 11) is 0. The number of nitrogens with one attached hydrogen (secondary N) is 2. The fraction of sp³-hybridized carbons (Fsp3) is 0.292. The van der Waals surface area contributed by atoms with Crippen molar-refractivity contribution in [1.29, 1.82) is 0 Å². The van der Waals surface area contributed by atoms with Crippen LogP contribution >= 0.6 is 0 Å². The summed E-state index contributed by atoms with van der Waals surface area (Å²) in [4.78, 5) is 33.8. The summed E-state index contributed by atoms with van der Waals surface area (Å²) in [5, 5.41) is 14.7. The Morgan fingerprint density at radius 2 is 2.15 bits per heavy atom. The lowest BCUT2D eigenvalue weighted by atomic mass is 9.92. The van der Waals surface area contributed by atoms with Crippen LogP contribution in [-0.4, -0.2) is 60.5 Å². The van der Waals surface area contributed by atoms with Gasteiger partial charge in [0, 0.05) is 54.2 Å². The molecule has 1 fully saturated rings. The number of anilines is 1. The molecule has 0 spiro atoms. The zero-order valence-electron chi connectivity index (χ0n) is 18.1. The molecule has 5 heterocycles. The minimum Gasteiger partial charge on any atom is -0.378 e. The maximum Gasteiger partial charge on any atom is 0.145 e. The molecule has 168 valence electrons. The van der Waals surface area contributed by atoms with Crippen molar-refractivity contribution < 1.29 is 9.90 Å². The zero-order chi connectivity index (χ0) is 22.6. The summed E-state index contributed by atoms with van der Waals surface area (Å²) in [5.41, 5.74) is 4.58. The molecule has 0 aromatic carbocycles. The van der Waals surface area contributed by atoms with Crippen LogP contribution < -0.4 is 5.32 Å². The van der Waals surface area contributed by atoms with Crippen LogP contribution in [0.1, 0.15) is 30.0 Å². The van der Waals surface area contributed by atoms with Gasteiger partial charge in [-0.05, 0) is 36.6 Å². The van der Waals surface area contributed by atoms with E-state index in [1.165, 1.54) is 0 Å². The molecule has 4 aromatic rings. The Balaban J connectivity index is 1.38. The molecular weight excluding hydrogens is 418 g/mol. The number of aliphatic hydroxyl groups is 1. The Morgan fingerprint density at radius 3 is 2.97 bits per heavy atom. The highest BCUT2D eigenvalue weighted by Gasteiger charge is 2.28. The van der Waals surface area contributed by atoms with Crippen LogP contribution in [0.25, 0.3) is 22.3 Å². The van der Waals surface area contributed by atoms with E-state index in [1.54, 1.807) is 29.7 Å². The molecule has 1 aliphatic heterocycles. The number of fused-ring (bicyclic) bond motifs is 1. The maximum atomic E-state index is 10.8. The average molecular weight is 444 g/mol. The van der Waals surface area contributed by atoms with Crippen molar-refractivity contribution in [2.24, 2.45) is 0 Å². The van der Waals surface area contributed by atoms with E-state index in [9.17, 15) is 9.90 Å². The minimum atomic E-state index is -0.624. The molecule has 0 radical (unpaired) electrons. The van der Waals surface area contributed by atoms with Gasteiger partial charge in [-0.2, -0.15) is 0 Å². The van der Waals surface area contributed by atoms with Gasteiger partial charge in [0.2, 0.25) is 0 Å². The Bertz CT molecular complexity index is 1240. The van der Waals surface area contributed by atoms with E-state index in [2.05, 4.69) is 31.3 Å². The lowest BCUT2D eigenvalue weighted by molar-refractivity contribution is -0.113. The topological polar surface area (TPSA) is 120 Å². The Kier molecular flexibility index (Phi) is 6.05. The Hall–Kier alpha value is -3.69. The third kappa shape index (κ3) is 4.59. The fourth-order valence-corrected chi connectivity index (χ4v) is 4.35. The van der Waals surface area contributed by atoms with E-state index in [0.717, 1.165) is 46.3 Å². The van der Waals surface area contributed by atoms with Gasteiger partial charge in [0.15, 0.2) is 0 Å². The quantitative estimate of drug-likeness (QED) is 0.373. The number of likely N-dealkylation sites (tertiary alicyclic amines) is 1. The third-order valence-electron chi connectivity index (χ3n) is 6.09. The summed E-state index contributed by atoms with van der Waals surface area (Å²) in [6.07, 6.45) is 10.4. The number of aliphatic hydroxyl groups excluding tert-OH is 1. The molecule has 1 aliphatic rings. The van der Waals surface area contributed by atoms with Crippen LogP contribution in [0.2, 0.25) is 0 Å². The lowest BCUT2D eigenvalue weighted by Gasteiger charge is -2.34. The maximum absolute atomic E-state index is 10.8. The summed E-state index contributed by atoms with van der Waals surface area (Å²) < 4.78 is 0. The molecule has 0 amide bonds. The monoisotopic (exact) mass is 443 g/mol. The van der Waals surface area contributed by atoms with Crippen LogP contribution in [-0.2, 0) is 11.3 Å². The van der Waals surface area contributed by atoms with E-state index in [4.69, 9.17) is 4.98 Å². The molecule has 2 atom stereocenters. The molecule has 4 aromatic heterocycles. The number of rotatable bonds is 7. The first-order valence-electron chi connectivity index (χ1n) is 11.0. The van der Waals surface area contributed by atoms with Crippen LogP contribution in [0.15, 0.2) is 55.2 Å².